The van der Waals surface area contributed by atoms with E-state index in [2.05, 4.69) is 69.3 Å². The van der Waals surface area contributed by atoms with Crippen molar-refractivity contribution in [2.24, 2.45) is 5.92 Å². The van der Waals surface area contributed by atoms with Gasteiger partial charge in [-0.2, -0.15) is 0 Å². The Morgan fingerprint density at radius 1 is 0.762 bits per heavy atom. The summed E-state index contributed by atoms with van der Waals surface area (Å²) >= 11 is 0. The van der Waals surface area contributed by atoms with Crippen LogP contribution in [0, 0.1) is 5.92 Å². The highest BCUT2D eigenvalue weighted by Crippen LogP contribution is 2.29. The first-order chi connectivity index (χ1) is 10.2. The second kappa shape index (κ2) is 8.02. The van der Waals surface area contributed by atoms with Crippen molar-refractivity contribution in [3.05, 3.63) is 59.7 Å². The summed E-state index contributed by atoms with van der Waals surface area (Å²) in [6.07, 6.45) is 6.24. The molecule has 0 heteroatoms. The van der Waals surface area contributed by atoms with E-state index >= 15 is 0 Å². The van der Waals surface area contributed by atoms with Crippen LogP contribution in [0.4, 0.5) is 0 Å². The Bertz CT molecular complexity index is 551. The molecule has 2 rings (SSSR count). The Labute approximate surface area is 130 Å². The monoisotopic (exact) mass is 280 g/mol. The van der Waals surface area contributed by atoms with Crippen LogP contribution in [-0.4, -0.2) is 0 Å². The molecule has 0 nitrogen and oxygen atoms in total. The highest BCUT2D eigenvalue weighted by Gasteiger charge is 2.09. The summed E-state index contributed by atoms with van der Waals surface area (Å²) in [5.74, 6) is 0.693. The molecule has 2 aromatic rings. The maximum absolute atomic E-state index is 2.30. The first-order valence-corrected chi connectivity index (χ1v) is 8.38. The fourth-order valence-electron chi connectivity index (χ4n) is 2.97. The van der Waals surface area contributed by atoms with Gasteiger partial charge in [-0.05, 0) is 47.4 Å². The molecule has 0 aliphatic rings. The SMILES string of the molecule is CCCCCc1ccccc1-c1ccccc1CC(C)C. The van der Waals surface area contributed by atoms with Gasteiger partial charge in [0.15, 0.2) is 0 Å². The van der Waals surface area contributed by atoms with Crippen molar-refractivity contribution in [3.63, 3.8) is 0 Å². The van der Waals surface area contributed by atoms with E-state index in [0.29, 0.717) is 5.92 Å². The summed E-state index contributed by atoms with van der Waals surface area (Å²) in [5.41, 5.74) is 5.85. The third-order valence-corrected chi connectivity index (χ3v) is 4.00. The average Bonchev–Trinajstić information content (AvgIpc) is 2.48. The van der Waals surface area contributed by atoms with Gasteiger partial charge in [0, 0.05) is 0 Å². The van der Waals surface area contributed by atoms with Gasteiger partial charge in [-0.3, -0.25) is 0 Å². The molecular weight excluding hydrogens is 252 g/mol. The quantitative estimate of drug-likeness (QED) is 0.523. The second-order valence-corrected chi connectivity index (χ2v) is 6.37. The van der Waals surface area contributed by atoms with Crippen molar-refractivity contribution in [1.29, 1.82) is 0 Å². The van der Waals surface area contributed by atoms with E-state index in [1.807, 2.05) is 0 Å². The van der Waals surface area contributed by atoms with Gasteiger partial charge < -0.3 is 0 Å². The standard InChI is InChI=1S/C21H28/c1-4-5-6-11-18-12-7-9-14-20(18)21-15-10-8-13-19(21)16-17(2)3/h7-10,12-15,17H,4-6,11,16H2,1-3H3. The summed E-state index contributed by atoms with van der Waals surface area (Å²) < 4.78 is 0. The van der Waals surface area contributed by atoms with Gasteiger partial charge in [0.05, 0.1) is 0 Å². The number of hydrogen-bond donors (Lipinski definition) is 0. The molecule has 0 aliphatic heterocycles. The molecule has 0 unspecified atom stereocenters. The van der Waals surface area contributed by atoms with Crippen LogP contribution in [0.25, 0.3) is 11.1 Å². The maximum Gasteiger partial charge on any atom is -0.0149 e. The number of unbranched alkanes of at least 4 members (excludes halogenated alkanes) is 2. The van der Waals surface area contributed by atoms with E-state index in [1.165, 1.54) is 47.9 Å². The van der Waals surface area contributed by atoms with Crippen LogP contribution in [0.15, 0.2) is 48.5 Å². The molecule has 0 saturated carbocycles. The van der Waals surface area contributed by atoms with Crippen LogP contribution in [0.5, 0.6) is 0 Å². The zero-order valence-corrected chi connectivity index (χ0v) is 13.7. The molecule has 0 saturated heterocycles. The third-order valence-electron chi connectivity index (χ3n) is 4.00. The molecule has 0 amide bonds. The van der Waals surface area contributed by atoms with Crippen LogP contribution in [0.3, 0.4) is 0 Å². The minimum absolute atomic E-state index is 0.693. The molecule has 0 bridgehead atoms. The van der Waals surface area contributed by atoms with Crippen molar-refractivity contribution in [1.82, 2.24) is 0 Å². The lowest BCUT2D eigenvalue weighted by Crippen LogP contribution is -1.98. The number of benzene rings is 2. The summed E-state index contributed by atoms with van der Waals surface area (Å²) in [6, 6.07) is 17.9. The Hall–Kier alpha value is -1.56. The maximum atomic E-state index is 2.30. The molecule has 21 heavy (non-hydrogen) atoms. The first-order valence-electron chi connectivity index (χ1n) is 8.38. The van der Waals surface area contributed by atoms with E-state index in [1.54, 1.807) is 0 Å². The van der Waals surface area contributed by atoms with Gasteiger partial charge in [-0.15, -0.1) is 0 Å². The Kier molecular flexibility index (Phi) is 6.04. The van der Waals surface area contributed by atoms with Gasteiger partial charge in [0.1, 0.15) is 0 Å². The Balaban J connectivity index is 2.33. The highest BCUT2D eigenvalue weighted by atomic mass is 14.1. The molecule has 0 heterocycles. The molecular formula is C21H28. The van der Waals surface area contributed by atoms with Crippen molar-refractivity contribution >= 4 is 0 Å². The predicted molar refractivity (Wildman–Crippen MR) is 93.6 cm³/mol. The normalized spacial score (nSPS) is 11.0. The van der Waals surface area contributed by atoms with Gasteiger partial charge in [0.25, 0.3) is 0 Å². The lowest BCUT2D eigenvalue weighted by molar-refractivity contribution is 0.648. The zero-order chi connectivity index (χ0) is 15.1. The van der Waals surface area contributed by atoms with Gasteiger partial charge in [0.2, 0.25) is 0 Å². The van der Waals surface area contributed by atoms with Gasteiger partial charge in [-0.25, -0.2) is 0 Å². The third kappa shape index (κ3) is 4.46. The van der Waals surface area contributed by atoms with Gasteiger partial charge >= 0.3 is 0 Å². The molecule has 2 aromatic carbocycles. The van der Waals surface area contributed by atoms with Crippen LogP contribution in [-0.2, 0) is 12.8 Å². The molecule has 112 valence electrons. The van der Waals surface area contributed by atoms with Crippen LogP contribution in [0.2, 0.25) is 0 Å². The van der Waals surface area contributed by atoms with E-state index in [4.69, 9.17) is 0 Å². The highest BCUT2D eigenvalue weighted by molar-refractivity contribution is 5.70. The largest absolute Gasteiger partial charge is 0.0654 e. The minimum atomic E-state index is 0.693. The van der Waals surface area contributed by atoms with Crippen molar-refractivity contribution in [2.75, 3.05) is 0 Å². The van der Waals surface area contributed by atoms with Crippen LogP contribution in [0.1, 0.15) is 51.2 Å². The average molecular weight is 280 g/mol. The number of rotatable bonds is 7. The fraction of sp³-hybridized carbons (Fsp3) is 0.429. The molecule has 0 aliphatic carbocycles. The van der Waals surface area contributed by atoms with E-state index in [-0.39, 0.29) is 0 Å². The van der Waals surface area contributed by atoms with Crippen LogP contribution < -0.4 is 0 Å². The van der Waals surface area contributed by atoms with Crippen molar-refractivity contribution < 1.29 is 0 Å². The lowest BCUT2D eigenvalue weighted by Gasteiger charge is -2.15. The van der Waals surface area contributed by atoms with Crippen molar-refractivity contribution in [3.8, 4) is 11.1 Å². The Morgan fingerprint density at radius 2 is 1.33 bits per heavy atom. The number of hydrogen-bond acceptors (Lipinski definition) is 0. The Morgan fingerprint density at radius 3 is 1.95 bits per heavy atom. The molecule has 0 radical (unpaired) electrons. The second-order valence-electron chi connectivity index (χ2n) is 6.37. The topological polar surface area (TPSA) is 0 Å². The van der Waals surface area contributed by atoms with E-state index < -0.39 is 0 Å². The summed E-state index contributed by atoms with van der Waals surface area (Å²) in [7, 11) is 0. The zero-order valence-electron chi connectivity index (χ0n) is 13.7. The summed E-state index contributed by atoms with van der Waals surface area (Å²) in [6.45, 7) is 6.86. The number of aryl methyl sites for hydroxylation is 1. The summed E-state index contributed by atoms with van der Waals surface area (Å²) in [5, 5.41) is 0. The fourth-order valence-corrected chi connectivity index (χ4v) is 2.97. The smallest absolute Gasteiger partial charge is 0.0149 e. The lowest BCUT2D eigenvalue weighted by atomic mass is 9.90. The van der Waals surface area contributed by atoms with Crippen LogP contribution >= 0.6 is 0 Å². The summed E-state index contributed by atoms with van der Waals surface area (Å²) in [4.78, 5) is 0. The molecule has 0 atom stereocenters. The predicted octanol–water partition coefficient (Wildman–Crippen LogP) is 6.28. The van der Waals surface area contributed by atoms with E-state index in [0.717, 1.165) is 6.42 Å². The molecule has 0 N–H and O–H groups in total. The van der Waals surface area contributed by atoms with Gasteiger partial charge in [-0.1, -0.05) is 82.1 Å². The molecule has 0 aromatic heterocycles. The molecule has 0 spiro atoms. The van der Waals surface area contributed by atoms with Crippen molar-refractivity contribution in [2.45, 2.75) is 52.9 Å². The molecule has 0 fully saturated rings. The van der Waals surface area contributed by atoms with E-state index in [9.17, 15) is 0 Å². The first kappa shape index (κ1) is 15.8. The minimum Gasteiger partial charge on any atom is -0.0654 e.